The molecule has 3 aromatic rings. The summed E-state index contributed by atoms with van der Waals surface area (Å²) in [6.45, 7) is 5.69. The number of rotatable bonds is 4. The van der Waals surface area contributed by atoms with Crippen molar-refractivity contribution < 1.29 is 18.7 Å². The van der Waals surface area contributed by atoms with Crippen LogP contribution in [0.3, 0.4) is 0 Å². The first-order chi connectivity index (χ1) is 16.6. The van der Waals surface area contributed by atoms with E-state index >= 15 is 0 Å². The van der Waals surface area contributed by atoms with Gasteiger partial charge in [0.2, 0.25) is 11.8 Å². The number of oxazole rings is 1. The van der Waals surface area contributed by atoms with Crippen LogP contribution in [-0.4, -0.2) is 66.0 Å². The Kier molecular flexibility index (Phi) is 6.45. The molecule has 0 saturated carbocycles. The zero-order valence-electron chi connectivity index (χ0n) is 19.4. The largest absolute Gasteiger partial charge is 0.436 e. The van der Waals surface area contributed by atoms with E-state index in [4.69, 9.17) is 9.15 Å². The van der Waals surface area contributed by atoms with Gasteiger partial charge in [0, 0.05) is 43.2 Å². The number of piperidine rings is 1. The van der Waals surface area contributed by atoms with Crippen molar-refractivity contribution in [3.05, 3.63) is 65.9 Å². The molecule has 7 nitrogen and oxygen atoms in total. The second-order valence-corrected chi connectivity index (χ2v) is 8.95. The van der Waals surface area contributed by atoms with E-state index in [9.17, 15) is 9.59 Å². The third kappa shape index (κ3) is 4.61. The van der Waals surface area contributed by atoms with E-state index in [2.05, 4.69) is 4.98 Å². The summed E-state index contributed by atoms with van der Waals surface area (Å²) in [6, 6.07) is 15.5. The molecule has 3 heterocycles. The van der Waals surface area contributed by atoms with E-state index in [1.54, 1.807) is 6.20 Å². The van der Waals surface area contributed by atoms with Gasteiger partial charge >= 0.3 is 0 Å². The quantitative estimate of drug-likeness (QED) is 0.589. The monoisotopic (exact) mass is 459 g/mol. The number of morpholine rings is 1. The maximum atomic E-state index is 13.4. The predicted octanol–water partition coefficient (Wildman–Crippen LogP) is 4.03. The van der Waals surface area contributed by atoms with Crippen LogP contribution in [0.25, 0.3) is 22.8 Å². The van der Waals surface area contributed by atoms with Crippen LogP contribution in [0.1, 0.15) is 28.8 Å². The van der Waals surface area contributed by atoms with Crippen molar-refractivity contribution in [1.29, 1.82) is 0 Å². The number of amides is 2. The fourth-order valence-corrected chi connectivity index (χ4v) is 4.65. The van der Waals surface area contributed by atoms with Crippen LogP contribution < -0.4 is 0 Å². The molecule has 2 aliphatic heterocycles. The fraction of sp³-hybridized carbons (Fsp3) is 0.370. The summed E-state index contributed by atoms with van der Waals surface area (Å²) in [5, 5.41) is 0. The van der Waals surface area contributed by atoms with Gasteiger partial charge in [-0.05, 0) is 31.9 Å². The molecule has 7 heteroatoms. The van der Waals surface area contributed by atoms with Gasteiger partial charge in [0.25, 0.3) is 5.91 Å². The standard InChI is InChI=1S/C27H29N3O4/c1-19-6-8-20(9-7-19)24-18-28-25(34-24)22-4-2-3-5-23(22)27(32)29-12-10-21(11-13-29)26(31)30-14-16-33-17-15-30/h2-9,18,21H,10-17H2,1H3. The van der Waals surface area contributed by atoms with Gasteiger partial charge in [0.15, 0.2) is 5.76 Å². The van der Waals surface area contributed by atoms with E-state index in [0.717, 1.165) is 5.56 Å². The normalized spacial score (nSPS) is 17.1. The van der Waals surface area contributed by atoms with Crippen molar-refractivity contribution in [1.82, 2.24) is 14.8 Å². The highest BCUT2D eigenvalue weighted by atomic mass is 16.5. The van der Waals surface area contributed by atoms with Crippen molar-refractivity contribution in [2.45, 2.75) is 19.8 Å². The molecule has 34 heavy (non-hydrogen) atoms. The number of likely N-dealkylation sites (tertiary alicyclic amines) is 1. The molecular weight excluding hydrogens is 430 g/mol. The van der Waals surface area contributed by atoms with Crippen molar-refractivity contribution in [2.24, 2.45) is 5.92 Å². The molecular formula is C27H29N3O4. The summed E-state index contributed by atoms with van der Waals surface area (Å²) in [4.78, 5) is 34.5. The number of hydrogen-bond donors (Lipinski definition) is 0. The smallest absolute Gasteiger partial charge is 0.254 e. The molecule has 0 N–H and O–H groups in total. The summed E-state index contributed by atoms with van der Waals surface area (Å²) in [7, 11) is 0. The number of ether oxygens (including phenoxy) is 1. The van der Waals surface area contributed by atoms with Crippen LogP contribution in [0.5, 0.6) is 0 Å². The van der Waals surface area contributed by atoms with Crippen molar-refractivity contribution in [3.8, 4) is 22.8 Å². The summed E-state index contributed by atoms with van der Waals surface area (Å²) >= 11 is 0. The van der Waals surface area contributed by atoms with E-state index in [1.807, 2.05) is 65.3 Å². The molecule has 2 fully saturated rings. The molecule has 2 aliphatic rings. The Balaban J connectivity index is 1.29. The van der Waals surface area contributed by atoms with Crippen LogP contribution in [0.15, 0.2) is 59.1 Å². The first-order valence-corrected chi connectivity index (χ1v) is 11.9. The van der Waals surface area contributed by atoms with E-state index in [0.29, 0.717) is 75.0 Å². The molecule has 0 spiro atoms. The molecule has 0 bridgehead atoms. The van der Waals surface area contributed by atoms with Gasteiger partial charge in [0.1, 0.15) is 0 Å². The average molecular weight is 460 g/mol. The van der Waals surface area contributed by atoms with E-state index in [1.165, 1.54) is 5.56 Å². The Morgan fingerprint density at radius 1 is 0.912 bits per heavy atom. The molecule has 2 saturated heterocycles. The number of hydrogen-bond acceptors (Lipinski definition) is 5. The Morgan fingerprint density at radius 2 is 1.62 bits per heavy atom. The number of carbonyl (C=O) groups is 2. The average Bonchev–Trinajstić information content (AvgIpc) is 3.39. The highest BCUT2D eigenvalue weighted by Gasteiger charge is 2.32. The zero-order valence-corrected chi connectivity index (χ0v) is 19.4. The fourth-order valence-electron chi connectivity index (χ4n) is 4.65. The Labute approximate surface area is 199 Å². The van der Waals surface area contributed by atoms with E-state index < -0.39 is 0 Å². The van der Waals surface area contributed by atoms with Gasteiger partial charge in [0.05, 0.1) is 25.0 Å². The maximum absolute atomic E-state index is 13.4. The van der Waals surface area contributed by atoms with Crippen LogP contribution in [0.4, 0.5) is 0 Å². The van der Waals surface area contributed by atoms with Gasteiger partial charge in [-0.3, -0.25) is 9.59 Å². The lowest BCUT2D eigenvalue weighted by Gasteiger charge is -2.35. The Morgan fingerprint density at radius 3 is 2.35 bits per heavy atom. The number of aromatic nitrogens is 1. The lowest BCUT2D eigenvalue weighted by atomic mass is 9.94. The highest BCUT2D eigenvalue weighted by Crippen LogP contribution is 2.30. The Bertz CT molecular complexity index is 1160. The van der Waals surface area contributed by atoms with Crippen molar-refractivity contribution >= 4 is 11.8 Å². The third-order valence-electron chi connectivity index (χ3n) is 6.68. The van der Waals surface area contributed by atoms with Gasteiger partial charge in [-0.1, -0.05) is 42.0 Å². The van der Waals surface area contributed by atoms with Crippen LogP contribution in [0.2, 0.25) is 0 Å². The molecule has 0 atom stereocenters. The molecule has 0 aliphatic carbocycles. The molecule has 0 radical (unpaired) electrons. The van der Waals surface area contributed by atoms with Gasteiger partial charge in [-0.2, -0.15) is 0 Å². The van der Waals surface area contributed by atoms with Crippen molar-refractivity contribution in [3.63, 3.8) is 0 Å². The minimum Gasteiger partial charge on any atom is -0.436 e. The van der Waals surface area contributed by atoms with Crippen LogP contribution in [-0.2, 0) is 9.53 Å². The maximum Gasteiger partial charge on any atom is 0.254 e. The zero-order chi connectivity index (χ0) is 23.5. The van der Waals surface area contributed by atoms with Crippen LogP contribution in [0, 0.1) is 12.8 Å². The summed E-state index contributed by atoms with van der Waals surface area (Å²) < 4.78 is 11.4. The number of nitrogens with zero attached hydrogens (tertiary/aromatic N) is 3. The summed E-state index contributed by atoms with van der Waals surface area (Å²) in [6.07, 6.45) is 3.06. The SMILES string of the molecule is Cc1ccc(-c2cnc(-c3ccccc3C(=O)N3CCC(C(=O)N4CCOCC4)CC3)o2)cc1. The summed E-state index contributed by atoms with van der Waals surface area (Å²) in [5.41, 5.74) is 3.37. The Hall–Kier alpha value is -3.45. The van der Waals surface area contributed by atoms with Gasteiger partial charge in [-0.15, -0.1) is 0 Å². The second kappa shape index (κ2) is 9.81. The highest BCUT2D eigenvalue weighted by molar-refractivity contribution is 6.00. The predicted molar refractivity (Wildman–Crippen MR) is 128 cm³/mol. The lowest BCUT2D eigenvalue weighted by molar-refractivity contribution is -0.141. The topological polar surface area (TPSA) is 75.9 Å². The number of aryl methyl sites for hydroxylation is 1. The van der Waals surface area contributed by atoms with Gasteiger partial charge < -0.3 is 19.0 Å². The second-order valence-electron chi connectivity index (χ2n) is 8.95. The van der Waals surface area contributed by atoms with Crippen LogP contribution >= 0.6 is 0 Å². The number of carbonyl (C=O) groups excluding carboxylic acids is 2. The summed E-state index contributed by atoms with van der Waals surface area (Å²) in [5.74, 6) is 1.21. The van der Waals surface area contributed by atoms with Gasteiger partial charge in [-0.25, -0.2) is 4.98 Å². The third-order valence-corrected chi connectivity index (χ3v) is 6.68. The molecule has 5 rings (SSSR count). The van der Waals surface area contributed by atoms with Crippen molar-refractivity contribution in [2.75, 3.05) is 39.4 Å². The number of benzene rings is 2. The molecule has 176 valence electrons. The lowest BCUT2D eigenvalue weighted by Crippen LogP contribution is -2.47. The first kappa shape index (κ1) is 22.3. The molecule has 0 unspecified atom stereocenters. The molecule has 2 aromatic carbocycles. The molecule has 2 amide bonds. The minimum absolute atomic E-state index is 0.0267. The van der Waals surface area contributed by atoms with E-state index in [-0.39, 0.29) is 17.7 Å². The first-order valence-electron chi connectivity index (χ1n) is 11.9. The minimum atomic E-state index is -0.0528. The molecule has 1 aromatic heterocycles.